The van der Waals surface area contributed by atoms with Crippen molar-refractivity contribution in [3.63, 3.8) is 0 Å². The summed E-state index contributed by atoms with van der Waals surface area (Å²) in [5.41, 5.74) is 14.8. The number of aromatic nitrogens is 2. The van der Waals surface area contributed by atoms with Gasteiger partial charge >= 0.3 is 0 Å². The Kier molecular flexibility index (Phi) is 4.05. The molecule has 2 aromatic rings. The van der Waals surface area contributed by atoms with Gasteiger partial charge in [-0.25, -0.2) is 4.98 Å². The van der Waals surface area contributed by atoms with Crippen LogP contribution in [-0.4, -0.2) is 22.2 Å². The average Bonchev–Trinajstić information content (AvgIpc) is 2.42. The van der Waals surface area contributed by atoms with Crippen LogP contribution in [0, 0.1) is 6.92 Å². The maximum absolute atomic E-state index is 9.15. The lowest BCUT2D eigenvalue weighted by atomic mass is 10.0. The molecule has 20 heavy (non-hydrogen) atoms. The quantitative estimate of drug-likeness (QED) is 0.769. The van der Waals surface area contributed by atoms with Crippen molar-refractivity contribution >= 4 is 11.8 Å². The highest BCUT2D eigenvalue weighted by Gasteiger charge is 2.12. The summed E-state index contributed by atoms with van der Waals surface area (Å²) in [6, 6.07) is 5.56. The molecular weight excluding hydrogens is 256 g/mol. The number of hydrogen-bond acceptors (Lipinski definition) is 6. The molecule has 0 fully saturated rings. The van der Waals surface area contributed by atoms with Crippen LogP contribution in [0.5, 0.6) is 5.75 Å². The minimum atomic E-state index is -0.0250. The molecule has 1 heterocycles. The first kappa shape index (κ1) is 14.1. The number of rotatable bonds is 4. The number of aryl methyl sites for hydroxylation is 1. The molecule has 5 N–H and O–H groups in total. The summed E-state index contributed by atoms with van der Waals surface area (Å²) in [5, 5.41) is 9.15. The van der Waals surface area contributed by atoms with Gasteiger partial charge in [-0.15, -0.1) is 0 Å². The third-order valence-corrected chi connectivity index (χ3v) is 3.16. The van der Waals surface area contributed by atoms with Gasteiger partial charge in [0.15, 0.2) is 0 Å². The zero-order valence-corrected chi connectivity index (χ0v) is 11.6. The second-order valence-electron chi connectivity index (χ2n) is 4.51. The van der Waals surface area contributed by atoms with Crippen molar-refractivity contribution in [2.45, 2.75) is 20.0 Å². The molecule has 106 valence electrons. The Balaban J connectivity index is 2.40. The van der Waals surface area contributed by atoms with Gasteiger partial charge in [-0.2, -0.15) is 4.98 Å². The summed E-state index contributed by atoms with van der Waals surface area (Å²) in [6.07, 6.45) is 0.548. The SMILES string of the molecule is COc1cc(CO)ccc1Cc1c(C)nc(N)nc1N. The molecule has 0 unspecified atom stereocenters. The number of ether oxygens (including phenoxy) is 1. The molecule has 6 nitrogen and oxygen atoms in total. The predicted octanol–water partition coefficient (Wildman–Crippen LogP) is 1.04. The number of anilines is 2. The lowest BCUT2D eigenvalue weighted by molar-refractivity contribution is 0.281. The van der Waals surface area contributed by atoms with E-state index in [4.69, 9.17) is 21.3 Å². The number of nitrogens with zero attached hydrogens (tertiary/aromatic N) is 2. The molecule has 0 spiro atoms. The first-order valence-corrected chi connectivity index (χ1v) is 6.20. The molecule has 0 radical (unpaired) electrons. The van der Waals surface area contributed by atoms with Crippen LogP contribution in [0.25, 0.3) is 0 Å². The highest BCUT2D eigenvalue weighted by molar-refractivity contribution is 5.50. The van der Waals surface area contributed by atoms with Crippen LogP contribution in [0.4, 0.5) is 11.8 Å². The summed E-state index contributed by atoms with van der Waals surface area (Å²) in [6.45, 7) is 1.82. The molecule has 0 saturated carbocycles. The standard InChI is InChI=1S/C14H18N4O2/c1-8-11(13(15)18-14(16)17-8)6-10-4-3-9(7-19)5-12(10)20-2/h3-5,19H,6-7H2,1-2H3,(H4,15,16,17,18). The zero-order chi connectivity index (χ0) is 14.7. The highest BCUT2D eigenvalue weighted by Crippen LogP contribution is 2.26. The maximum atomic E-state index is 9.15. The van der Waals surface area contributed by atoms with Gasteiger partial charge in [0.25, 0.3) is 0 Å². The molecule has 2 rings (SSSR count). The molecule has 0 aliphatic heterocycles. The molecular formula is C14H18N4O2. The van der Waals surface area contributed by atoms with Crippen LogP contribution in [0.3, 0.4) is 0 Å². The fourth-order valence-corrected chi connectivity index (χ4v) is 2.08. The number of nitrogens with two attached hydrogens (primary N) is 2. The lowest BCUT2D eigenvalue weighted by Gasteiger charge is -2.13. The van der Waals surface area contributed by atoms with Gasteiger partial charge in [0.2, 0.25) is 5.95 Å². The third-order valence-electron chi connectivity index (χ3n) is 3.16. The van der Waals surface area contributed by atoms with E-state index < -0.39 is 0 Å². The monoisotopic (exact) mass is 274 g/mol. The van der Waals surface area contributed by atoms with Gasteiger partial charge in [0.1, 0.15) is 11.6 Å². The van der Waals surface area contributed by atoms with Gasteiger partial charge in [-0.05, 0) is 24.1 Å². The van der Waals surface area contributed by atoms with Crippen LogP contribution in [-0.2, 0) is 13.0 Å². The first-order chi connectivity index (χ1) is 9.55. The minimum absolute atomic E-state index is 0.0250. The summed E-state index contributed by atoms with van der Waals surface area (Å²) in [4.78, 5) is 8.11. The number of hydrogen-bond donors (Lipinski definition) is 3. The lowest BCUT2D eigenvalue weighted by Crippen LogP contribution is -2.08. The van der Waals surface area contributed by atoms with Crippen molar-refractivity contribution in [2.75, 3.05) is 18.6 Å². The van der Waals surface area contributed by atoms with Gasteiger partial charge in [-0.1, -0.05) is 12.1 Å². The molecule has 6 heteroatoms. The Morgan fingerprint density at radius 1 is 1.25 bits per heavy atom. The molecule has 0 aliphatic rings. The summed E-state index contributed by atoms with van der Waals surface area (Å²) in [7, 11) is 1.59. The van der Waals surface area contributed by atoms with Crippen molar-refractivity contribution in [2.24, 2.45) is 0 Å². The smallest absolute Gasteiger partial charge is 0.222 e. The number of methoxy groups -OCH3 is 1. The fraction of sp³-hybridized carbons (Fsp3) is 0.286. The molecule has 0 atom stereocenters. The van der Waals surface area contributed by atoms with E-state index in [1.165, 1.54) is 0 Å². The molecule has 1 aromatic carbocycles. The highest BCUT2D eigenvalue weighted by atomic mass is 16.5. The second-order valence-corrected chi connectivity index (χ2v) is 4.51. The van der Waals surface area contributed by atoms with Crippen LogP contribution < -0.4 is 16.2 Å². The van der Waals surface area contributed by atoms with Crippen molar-refractivity contribution in [3.8, 4) is 5.75 Å². The molecule has 0 saturated heterocycles. The van der Waals surface area contributed by atoms with Crippen molar-refractivity contribution in [1.29, 1.82) is 0 Å². The van der Waals surface area contributed by atoms with Crippen LogP contribution in [0.1, 0.15) is 22.4 Å². The van der Waals surface area contributed by atoms with Crippen LogP contribution >= 0.6 is 0 Å². The normalized spacial score (nSPS) is 10.6. The van der Waals surface area contributed by atoms with Crippen LogP contribution in [0.15, 0.2) is 18.2 Å². The van der Waals surface area contributed by atoms with Crippen LogP contribution in [0.2, 0.25) is 0 Å². The van der Waals surface area contributed by atoms with E-state index in [9.17, 15) is 0 Å². The van der Waals surface area contributed by atoms with E-state index in [0.29, 0.717) is 18.0 Å². The molecule has 0 bridgehead atoms. The van der Waals surface area contributed by atoms with E-state index in [1.54, 1.807) is 13.2 Å². The van der Waals surface area contributed by atoms with Crippen molar-refractivity contribution < 1.29 is 9.84 Å². The largest absolute Gasteiger partial charge is 0.496 e. The second kappa shape index (κ2) is 5.75. The van der Waals surface area contributed by atoms with Crippen molar-refractivity contribution in [1.82, 2.24) is 9.97 Å². The summed E-state index contributed by atoms with van der Waals surface area (Å²) < 4.78 is 5.35. The Hall–Kier alpha value is -2.34. The van der Waals surface area contributed by atoms with E-state index in [1.807, 2.05) is 19.1 Å². The summed E-state index contributed by atoms with van der Waals surface area (Å²) in [5.74, 6) is 1.25. The maximum Gasteiger partial charge on any atom is 0.222 e. The predicted molar refractivity (Wildman–Crippen MR) is 77.3 cm³/mol. The van der Waals surface area contributed by atoms with Crippen molar-refractivity contribution in [3.05, 3.63) is 40.6 Å². The fourth-order valence-electron chi connectivity index (χ4n) is 2.08. The molecule has 1 aromatic heterocycles. The Labute approximate surface area is 117 Å². The first-order valence-electron chi connectivity index (χ1n) is 6.20. The van der Waals surface area contributed by atoms with E-state index >= 15 is 0 Å². The minimum Gasteiger partial charge on any atom is -0.496 e. The summed E-state index contributed by atoms with van der Waals surface area (Å²) >= 11 is 0. The van der Waals surface area contributed by atoms with E-state index in [-0.39, 0.29) is 12.6 Å². The van der Waals surface area contributed by atoms with Gasteiger partial charge in [0, 0.05) is 17.7 Å². The topological polar surface area (TPSA) is 107 Å². The average molecular weight is 274 g/mol. The van der Waals surface area contributed by atoms with E-state index in [2.05, 4.69) is 9.97 Å². The van der Waals surface area contributed by atoms with Gasteiger partial charge < -0.3 is 21.3 Å². The number of benzene rings is 1. The zero-order valence-electron chi connectivity index (χ0n) is 11.6. The molecule has 0 aliphatic carbocycles. The third kappa shape index (κ3) is 2.80. The number of aliphatic hydroxyl groups is 1. The van der Waals surface area contributed by atoms with E-state index in [0.717, 1.165) is 22.4 Å². The Morgan fingerprint density at radius 2 is 2.00 bits per heavy atom. The molecule has 0 amide bonds. The van der Waals surface area contributed by atoms with Gasteiger partial charge in [0.05, 0.1) is 13.7 Å². The number of aliphatic hydroxyl groups excluding tert-OH is 1. The Bertz CT molecular complexity index is 606. The van der Waals surface area contributed by atoms with Gasteiger partial charge in [-0.3, -0.25) is 0 Å². The Morgan fingerprint density at radius 3 is 2.60 bits per heavy atom. The number of nitrogen functional groups attached to an aromatic ring is 2.